The van der Waals surface area contributed by atoms with Crippen molar-refractivity contribution in [2.24, 2.45) is 0 Å². The number of anilines is 1. The lowest BCUT2D eigenvalue weighted by molar-refractivity contribution is -0.137. The lowest BCUT2D eigenvalue weighted by Crippen LogP contribution is -2.49. The van der Waals surface area contributed by atoms with E-state index in [1.54, 1.807) is 12.1 Å². The molecule has 1 aromatic carbocycles. The predicted octanol–water partition coefficient (Wildman–Crippen LogP) is 3.86. The van der Waals surface area contributed by atoms with E-state index >= 15 is 0 Å². The molecule has 31 heavy (non-hydrogen) atoms. The molecule has 0 saturated carbocycles. The van der Waals surface area contributed by atoms with Crippen LogP contribution in [0.1, 0.15) is 25.0 Å². The van der Waals surface area contributed by atoms with E-state index in [0.717, 1.165) is 40.5 Å². The van der Waals surface area contributed by atoms with Gasteiger partial charge in [-0.2, -0.15) is 13.2 Å². The highest BCUT2D eigenvalue weighted by Gasteiger charge is 2.35. The first-order chi connectivity index (χ1) is 14.7. The highest BCUT2D eigenvalue weighted by atomic mass is 19.4. The number of aromatic nitrogens is 1. The zero-order valence-corrected chi connectivity index (χ0v) is 17.4. The molecule has 0 amide bonds. The monoisotopic (exact) mass is 431 g/mol. The molecule has 2 aliphatic heterocycles. The van der Waals surface area contributed by atoms with Crippen LogP contribution in [0.4, 0.5) is 23.4 Å². The first kappa shape index (κ1) is 21.1. The number of halogens is 4. The molecule has 0 bridgehead atoms. The fourth-order valence-corrected chi connectivity index (χ4v) is 3.84. The third kappa shape index (κ3) is 4.49. The van der Waals surface area contributed by atoms with Crippen LogP contribution in [-0.2, 0) is 12.6 Å². The summed E-state index contributed by atoms with van der Waals surface area (Å²) in [6.07, 6.45) is -2.85. The van der Waals surface area contributed by atoms with E-state index in [0.29, 0.717) is 38.4 Å². The van der Waals surface area contributed by atoms with Gasteiger partial charge in [0.1, 0.15) is 24.7 Å². The Morgan fingerprint density at radius 1 is 0.903 bits per heavy atom. The van der Waals surface area contributed by atoms with Crippen molar-refractivity contribution in [2.75, 3.05) is 31.1 Å². The Kier molecular flexibility index (Phi) is 5.58. The van der Waals surface area contributed by atoms with Crippen molar-refractivity contribution in [3.8, 4) is 0 Å². The number of pyridine rings is 1. The number of amidine groups is 1. The molecule has 0 N–H and O–H groups in total. The maximum Gasteiger partial charge on any atom is 0.417 e. The molecule has 162 valence electrons. The molecule has 8 heteroatoms. The van der Waals surface area contributed by atoms with Crippen LogP contribution in [0.2, 0.25) is 0 Å². The van der Waals surface area contributed by atoms with E-state index in [-0.39, 0.29) is 5.82 Å². The first-order valence-electron chi connectivity index (χ1n) is 10.1. The van der Waals surface area contributed by atoms with Crippen LogP contribution in [0, 0.1) is 5.82 Å². The van der Waals surface area contributed by atoms with Crippen molar-refractivity contribution in [1.29, 1.82) is 0 Å². The van der Waals surface area contributed by atoms with Crippen LogP contribution in [0.5, 0.6) is 0 Å². The molecule has 0 unspecified atom stereocenters. The lowest BCUT2D eigenvalue weighted by Gasteiger charge is -2.31. The molecule has 0 radical (unpaired) electrons. The predicted molar refractivity (Wildman–Crippen MR) is 114 cm³/mol. The number of rotatable bonds is 3. The van der Waals surface area contributed by atoms with Crippen molar-refractivity contribution in [1.82, 2.24) is 14.6 Å². The van der Waals surface area contributed by atoms with Gasteiger partial charge in [-0.05, 0) is 43.7 Å². The molecular formula is C23H23F4N4+. The average Bonchev–Trinajstić information content (AvgIpc) is 3.03. The summed E-state index contributed by atoms with van der Waals surface area (Å²) < 4.78 is 56.3. The van der Waals surface area contributed by atoms with E-state index in [4.69, 9.17) is 4.67 Å². The average molecular weight is 431 g/mol. The maximum atomic E-state index is 13.2. The molecule has 1 fully saturated rings. The molecule has 1 saturated heterocycles. The molecule has 4 rings (SSSR count). The van der Waals surface area contributed by atoms with Crippen LogP contribution in [0.3, 0.4) is 0 Å². The Morgan fingerprint density at radius 3 is 2.13 bits per heavy atom. The van der Waals surface area contributed by atoms with Gasteiger partial charge in [-0.15, -0.1) is 0 Å². The Hall–Kier alpha value is -3.12. The van der Waals surface area contributed by atoms with Gasteiger partial charge in [0, 0.05) is 11.8 Å². The van der Waals surface area contributed by atoms with Crippen LogP contribution in [-0.4, -0.2) is 47.6 Å². The number of hydrogen-bond donors (Lipinski definition) is 0. The Bertz CT molecular complexity index is 1050. The quantitative estimate of drug-likeness (QED) is 0.547. The summed E-state index contributed by atoms with van der Waals surface area (Å²) in [5, 5.41) is 0. The van der Waals surface area contributed by atoms with Crippen LogP contribution >= 0.6 is 0 Å². The zero-order chi connectivity index (χ0) is 22.2. The molecule has 2 aliphatic rings. The van der Waals surface area contributed by atoms with Gasteiger partial charge in [0.05, 0.1) is 30.6 Å². The Balaban J connectivity index is 1.45. The normalized spacial score (nSPS) is 17.2. The molecule has 4 nitrogen and oxygen atoms in total. The van der Waals surface area contributed by atoms with Gasteiger partial charge in [-0.25, -0.2) is 18.9 Å². The molecular weight excluding hydrogens is 408 g/mol. The van der Waals surface area contributed by atoms with Crippen molar-refractivity contribution in [3.63, 3.8) is 0 Å². The largest absolute Gasteiger partial charge is 0.417 e. The van der Waals surface area contributed by atoms with Crippen LogP contribution in [0.25, 0.3) is 0 Å². The molecule has 0 spiro atoms. The summed E-state index contributed by atoms with van der Waals surface area (Å²) in [5.41, 5.74) is 3.50. The summed E-state index contributed by atoms with van der Waals surface area (Å²) in [6, 6.07) is 8.95. The van der Waals surface area contributed by atoms with Crippen molar-refractivity contribution >= 4 is 17.4 Å². The molecule has 0 aliphatic carbocycles. The summed E-state index contributed by atoms with van der Waals surface area (Å²) in [7, 11) is 0. The third-order valence-corrected chi connectivity index (χ3v) is 5.83. The van der Waals surface area contributed by atoms with E-state index in [1.807, 2.05) is 11.8 Å². The Labute approximate surface area is 178 Å². The van der Waals surface area contributed by atoms with Gasteiger partial charge >= 0.3 is 12.0 Å². The first-order valence-corrected chi connectivity index (χ1v) is 10.1. The number of nitrogens with zero attached hydrogens (tertiary/aromatic N) is 4. The second-order valence-corrected chi connectivity index (χ2v) is 7.81. The highest BCUT2D eigenvalue weighted by molar-refractivity contribution is 6.16. The topological polar surface area (TPSA) is 33.5 Å². The van der Waals surface area contributed by atoms with Gasteiger partial charge < -0.3 is 4.90 Å². The number of hydrogen-bond acceptors (Lipinski definition) is 3. The van der Waals surface area contributed by atoms with E-state index in [9.17, 15) is 17.6 Å². The number of alkyl halides is 3. The van der Waals surface area contributed by atoms with E-state index in [1.165, 1.54) is 18.2 Å². The number of allylic oxidation sites excluding steroid dienone is 1. The number of piperazine rings is 1. The molecule has 3 heterocycles. The smallest absolute Gasteiger partial charge is 0.349 e. The van der Waals surface area contributed by atoms with Gasteiger partial charge in [0.15, 0.2) is 0 Å². The second kappa shape index (κ2) is 8.19. The molecule has 1 aromatic heterocycles. The summed E-state index contributed by atoms with van der Waals surface area (Å²) >= 11 is 0. The maximum absolute atomic E-state index is 13.2. The van der Waals surface area contributed by atoms with Gasteiger partial charge in [0.25, 0.3) is 0 Å². The van der Waals surface area contributed by atoms with E-state index in [2.05, 4.69) is 16.8 Å². The minimum atomic E-state index is -4.38. The van der Waals surface area contributed by atoms with Crippen LogP contribution in [0.15, 0.2) is 53.7 Å². The number of benzene rings is 1. The van der Waals surface area contributed by atoms with E-state index < -0.39 is 11.7 Å². The van der Waals surface area contributed by atoms with Crippen molar-refractivity contribution in [2.45, 2.75) is 26.4 Å². The second-order valence-electron chi connectivity index (χ2n) is 7.81. The minimum absolute atomic E-state index is 0.256. The summed E-state index contributed by atoms with van der Waals surface area (Å²) in [5.74, 6) is 1.23. The summed E-state index contributed by atoms with van der Waals surface area (Å²) in [4.78, 5) is 8.19. The minimum Gasteiger partial charge on any atom is -0.349 e. The molecule has 2 aromatic rings. The lowest BCUT2D eigenvalue weighted by atomic mass is 10.0. The van der Waals surface area contributed by atoms with Crippen molar-refractivity contribution in [3.05, 3.63) is 70.7 Å². The Morgan fingerprint density at radius 2 is 1.55 bits per heavy atom. The fraction of sp³-hybridized carbons (Fsp3) is 0.348. The van der Waals surface area contributed by atoms with Crippen molar-refractivity contribution < 1.29 is 17.6 Å². The third-order valence-electron chi connectivity index (χ3n) is 5.83. The van der Waals surface area contributed by atoms with Gasteiger partial charge in [0.2, 0.25) is 5.71 Å². The van der Waals surface area contributed by atoms with Gasteiger partial charge in [-0.1, -0.05) is 12.1 Å². The van der Waals surface area contributed by atoms with Gasteiger partial charge in [-0.3, -0.25) is 0 Å². The zero-order valence-electron chi connectivity index (χ0n) is 17.4. The van der Waals surface area contributed by atoms with Crippen LogP contribution < -0.4 is 9.57 Å². The highest BCUT2D eigenvalue weighted by Crippen LogP contribution is 2.29. The summed E-state index contributed by atoms with van der Waals surface area (Å²) in [6.45, 7) is 6.81. The fourth-order valence-electron chi connectivity index (χ4n) is 3.84. The molecule has 0 atom stereocenters. The standard InChI is InChI=1S/C23H23F4N4/c1-15-16(2)22(29-20(15)13-17-3-6-19(24)7-4-17)31-11-9-30(10-12-31)21-8-5-18(14-28-21)23(25,26)27/h3-8,14H,9-13H2,1-2H3/q+1. The SMILES string of the molecule is CC1=C(C)C(N2CCN(c3ccc(C(F)(F)F)cn3)CC2)=[N+]=C1Cc1ccc(F)cc1.